The molecule has 3 heteroatoms. The van der Waals surface area contributed by atoms with Crippen LogP contribution >= 0.6 is 11.6 Å². The van der Waals surface area contributed by atoms with E-state index in [0.29, 0.717) is 5.88 Å². The maximum atomic E-state index is 8.38. The van der Waals surface area contributed by atoms with Crippen molar-refractivity contribution in [2.75, 3.05) is 5.88 Å². The van der Waals surface area contributed by atoms with Gasteiger partial charge in [-0.15, -0.1) is 11.6 Å². The normalized spacial score (nSPS) is 8.00. The molecule has 0 atom stereocenters. The minimum absolute atomic E-state index is 0.125. The maximum absolute atomic E-state index is 8.38. The molecule has 0 N–H and O–H groups in total. The second-order valence-electron chi connectivity index (χ2n) is 0.723. The van der Waals surface area contributed by atoms with Gasteiger partial charge in [0.05, 0.1) is 0 Å². The Kier molecular flexibility index (Phi) is 24.0. The first-order valence-electron chi connectivity index (χ1n) is 1.87. The number of allylic oxidation sites excluding steroid dienone is 2. The van der Waals surface area contributed by atoms with Crippen molar-refractivity contribution < 1.29 is 21.8 Å². The molecule has 0 aliphatic carbocycles. The third kappa shape index (κ3) is 21.3. The van der Waals surface area contributed by atoms with Gasteiger partial charge in [0, 0.05) is 5.88 Å². The summed E-state index contributed by atoms with van der Waals surface area (Å²) in [4.78, 5) is 0. The molecule has 0 unspecified atom stereocenters. The van der Waals surface area contributed by atoms with Crippen molar-refractivity contribution >= 4 is 11.6 Å². The summed E-state index contributed by atoms with van der Waals surface area (Å²) < 4.78 is 8.38. The van der Waals surface area contributed by atoms with Crippen LogP contribution in [0.1, 0.15) is 6.92 Å². The van der Waals surface area contributed by atoms with Gasteiger partial charge in [-0.3, -0.25) is 0 Å². The summed E-state index contributed by atoms with van der Waals surface area (Å²) in [5.74, 6) is 0.635. The number of halogens is 1. The third-order valence-electron chi connectivity index (χ3n) is 0.325. The predicted molar refractivity (Wildman–Crippen MR) is 26.2 cm³/mol. The van der Waals surface area contributed by atoms with E-state index in [1.54, 1.807) is 0 Å². The first-order valence-corrected chi connectivity index (χ1v) is 3.62. The van der Waals surface area contributed by atoms with Crippen molar-refractivity contribution in [2.45, 2.75) is 6.92 Å². The molecule has 0 saturated carbocycles. The summed E-state index contributed by atoms with van der Waals surface area (Å²) in [5.41, 5.74) is 0. The fourth-order valence-electron chi connectivity index (χ4n) is 0.0891. The molecule has 0 amide bonds. The summed E-state index contributed by atoms with van der Waals surface area (Å²) >= 11 is 5.34. The zero-order valence-corrected chi connectivity index (χ0v) is 8.08. The first kappa shape index (κ1) is 10.4. The van der Waals surface area contributed by atoms with E-state index >= 15 is 0 Å². The summed E-state index contributed by atoms with van der Waals surface area (Å²) in [6.45, 7) is 1.95. The van der Waals surface area contributed by atoms with Gasteiger partial charge in [0.2, 0.25) is 0 Å². The second-order valence-corrected chi connectivity index (χ2v) is 1.03. The fourth-order valence-corrected chi connectivity index (χ4v) is 0.267. The van der Waals surface area contributed by atoms with Gasteiger partial charge in [0.25, 0.3) is 0 Å². The van der Waals surface area contributed by atoms with E-state index in [2.05, 4.69) is 0 Å². The average Bonchev–Trinajstić information content (AvgIpc) is 1.75. The molecule has 38 valence electrons. The number of hydrogen-bond donors (Lipinski definition) is 0. The van der Waals surface area contributed by atoms with E-state index < -0.39 is 0 Å². The van der Waals surface area contributed by atoms with E-state index in [1.165, 1.54) is 0 Å². The van der Waals surface area contributed by atoms with Crippen LogP contribution in [0.25, 0.3) is 0 Å². The van der Waals surface area contributed by atoms with Gasteiger partial charge in [0.1, 0.15) is 0 Å². The molecule has 0 aromatic rings. The minimum atomic E-state index is 0.125. The second kappa shape index (κ2) is 16.1. The fraction of sp³-hybridized carbons (Fsp3) is 0.500. The molecule has 0 fully saturated rings. The Labute approximate surface area is 58.7 Å². The molecular formula is C4H7ClOZn. The molecule has 0 bridgehead atoms. The van der Waals surface area contributed by atoms with Crippen LogP contribution < -0.4 is 0 Å². The molecule has 0 aromatic carbocycles. The number of alkyl halides is 1. The molecule has 0 aromatic heterocycles. The van der Waals surface area contributed by atoms with E-state index in [0.717, 1.165) is 0 Å². The SMILES string of the molecule is CC=CCCl.[O]=[Zn]. The van der Waals surface area contributed by atoms with Crippen LogP contribution in [-0.4, -0.2) is 5.88 Å². The Morgan fingerprint density at radius 3 is 2.14 bits per heavy atom. The van der Waals surface area contributed by atoms with E-state index in [9.17, 15) is 0 Å². The van der Waals surface area contributed by atoms with Gasteiger partial charge in [-0.1, -0.05) is 12.2 Å². The molecule has 0 spiro atoms. The molecule has 0 aliphatic rings. The molecule has 1 nitrogen and oxygen atoms in total. The quantitative estimate of drug-likeness (QED) is 0.334. The van der Waals surface area contributed by atoms with Gasteiger partial charge in [-0.25, -0.2) is 0 Å². The number of rotatable bonds is 1. The van der Waals surface area contributed by atoms with Crippen LogP contribution in [0, 0.1) is 0 Å². The van der Waals surface area contributed by atoms with Crippen LogP contribution in [0.2, 0.25) is 0 Å². The van der Waals surface area contributed by atoms with Gasteiger partial charge in [-0.05, 0) is 6.92 Å². The van der Waals surface area contributed by atoms with E-state index in [1.807, 2.05) is 19.1 Å². The van der Waals surface area contributed by atoms with Gasteiger partial charge in [-0.2, -0.15) is 0 Å². The van der Waals surface area contributed by atoms with Gasteiger partial charge in [0.15, 0.2) is 0 Å². The zero-order chi connectivity index (χ0) is 6.12. The molecule has 7 heavy (non-hydrogen) atoms. The van der Waals surface area contributed by atoms with Crippen molar-refractivity contribution in [3.8, 4) is 0 Å². The third-order valence-corrected chi connectivity index (χ3v) is 0.503. The molecule has 0 heterocycles. The Balaban J connectivity index is 0. The first-order chi connectivity index (χ1) is 3.41. The number of hydrogen-bond acceptors (Lipinski definition) is 1. The van der Waals surface area contributed by atoms with Crippen LogP contribution in [0.4, 0.5) is 0 Å². The monoisotopic (exact) mass is 170 g/mol. The molecular weight excluding hydrogens is 165 g/mol. The average molecular weight is 172 g/mol. The topological polar surface area (TPSA) is 17.1 Å². The standard InChI is InChI=1S/C4H7Cl.O.Zn/c1-2-3-4-5;;/h2-3H,4H2,1H3;;. The van der Waals surface area contributed by atoms with Crippen molar-refractivity contribution in [1.82, 2.24) is 0 Å². The van der Waals surface area contributed by atoms with Crippen LogP contribution in [-0.2, 0) is 21.8 Å². The molecule has 0 saturated heterocycles. The van der Waals surface area contributed by atoms with Crippen molar-refractivity contribution in [1.29, 1.82) is 0 Å². The summed E-state index contributed by atoms with van der Waals surface area (Å²) in [6.07, 6.45) is 3.81. The van der Waals surface area contributed by atoms with Gasteiger partial charge >= 0.3 is 21.8 Å². The summed E-state index contributed by atoms with van der Waals surface area (Å²) in [6, 6.07) is 0. The predicted octanol–water partition coefficient (Wildman–Crippen LogP) is 1.68. The summed E-state index contributed by atoms with van der Waals surface area (Å²) in [5, 5.41) is 0. The zero-order valence-electron chi connectivity index (χ0n) is 4.36. The van der Waals surface area contributed by atoms with E-state index in [4.69, 9.17) is 15.2 Å². The Morgan fingerprint density at radius 2 is 2.14 bits per heavy atom. The van der Waals surface area contributed by atoms with Crippen molar-refractivity contribution in [2.24, 2.45) is 0 Å². The van der Waals surface area contributed by atoms with E-state index in [-0.39, 0.29) is 18.3 Å². The Morgan fingerprint density at radius 1 is 1.71 bits per heavy atom. The van der Waals surface area contributed by atoms with Crippen LogP contribution in [0.15, 0.2) is 12.2 Å². The Hall–Kier alpha value is 0.453. The molecule has 0 rings (SSSR count). The molecule has 0 radical (unpaired) electrons. The molecule has 0 aliphatic heterocycles. The van der Waals surface area contributed by atoms with Gasteiger partial charge < -0.3 is 0 Å². The van der Waals surface area contributed by atoms with Crippen LogP contribution in [0.3, 0.4) is 0 Å². The summed E-state index contributed by atoms with van der Waals surface area (Å²) in [7, 11) is 0. The Bertz CT molecular complexity index is 47.0. The van der Waals surface area contributed by atoms with Crippen molar-refractivity contribution in [3.63, 3.8) is 0 Å². The van der Waals surface area contributed by atoms with Crippen LogP contribution in [0.5, 0.6) is 0 Å². The van der Waals surface area contributed by atoms with Crippen molar-refractivity contribution in [3.05, 3.63) is 12.2 Å².